The lowest BCUT2D eigenvalue weighted by atomic mass is 10.3. The van der Waals surface area contributed by atoms with Crippen molar-refractivity contribution in [3.05, 3.63) is 24.3 Å². The highest BCUT2D eigenvalue weighted by Gasteiger charge is 2.30. The molecule has 0 bridgehead atoms. The molecule has 0 fully saturated rings. The minimum absolute atomic E-state index is 0.0675. The zero-order chi connectivity index (χ0) is 14.3. The number of anilines is 1. The van der Waals surface area contributed by atoms with Crippen molar-refractivity contribution in [3.8, 4) is 5.75 Å². The Kier molecular flexibility index (Phi) is 5.40. The van der Waals surface area contributed by atoms with Gasteiger partial charge in [0.2, 0.25) is 0 Å². The van der Waals surface area contributed by atoms with E-state index in [2.05, 4.69) is 15.0 Å². The number of rotatable bonds is 5. The van der Waals surface area contributed by atoms with Crippen LogP contribution in [0.2, 0.25) is 0 Å². The monoisotopic (exact) mass is 279 g/mol. The third kappa shape index (κ3) is 6.49. The highest BCUT2D eigenvalue weighted by Crippen LogP contribution is 2.23. The number of nitrogens with two attached hydrogens (primary N) is 1. The number of hydrogen-bond donors (Lipinski definition) is 2. The van der Waals surface area contributed by atoms with Gasteiger partial charge in [0.1, 0.15) is 5.75 Å². The number of ether oxygens (including phenoxy) is 1. The second-order valence-electron chi connectivity index (χ2n) is 3.51. The number of nitrogens with one attached hydrogen (secondary N) is 1. The van der Waals surface area contributed by atoms with Crippen molar-refractivity contribution in [2.24, 2.45) is 10.7 Å². The van der Waals surface area contributed by atoms with Crippen LogP contribution in [0, 0.1) is 0 Å². The van der Waals surface area contributed by atoms with Gasteiger partial charge >= 0.3 is 6.36 Å². The van der Waals surface area contributed by atoms with E-state index in [1.54, 1.807) is 0 Å². The fraction of sp³-hybridized carbons (Fsp3) is 0.364. The fourth-order valence-corrected chi connectivity index (χ4v) is 1.19. The van der Waals surface area contributed by atoms with Crippen LogP contribution in [0.25, 0.3) is 0 Å². The van der Waals surface area contributed by atoms with Gasteiger partial charge in [-0.15, -0.1) is 13.2 Å². The van der Waals surface area contributed by atoms with Gasteiger partial charge in [-0.2, -0.15) is 0 Å². The third-order valence-corrected chi connectivity index (χ3v) is 1.93. The van der Waals surface area contributed by atoms with Gasteiger partial charge in [0.25, 0.3) is 0 Å². The van der Waals surface area contributed by atoms with E-state index in [-0.39, 0.29) is 24.7 Å². The predicted octanol–water partition coefficient (Wildman–Crippen LogP) is 2.67. The number of alkyl halides is 4. The van der Waals surface area contributed by atoms with Crippen LogP contribution in [0.4, 0.5) is 23.2 Å². The maximum atomic E-state index is 11.9. The van der Waals surface area contributed by atoms with Gasteiger partial charge < -0.3 is 15.8 Å². The topological polar surface area (TPSA) is 59.6 Å². The van der Waals surface area contributed by atoms with Crippen LogP contribution in [-0.2, 0) is 0 Å². The van der Waals surface area contributed by atoms with E-state index in [9.17, 15) is 17.6 Å². The van der Waals surface area contributed by atoms with E-state index in [1.807, 2.05) is 0 Å². The molecule has 1 rings (SSSR count). The molecule has 0 unspecified atom stereocenters. The number of nitrogens with zero attached hydrogens (tertiary/aromatic N) is 1. The summed E-state index contributed by atoms with van der Waals surface area (Å²) in [5, 5.41) is 2.66. The molecule has 1 aromatic rings. The number of guanidine groups is 1. The molecule has 0 amide bonds. The molecule has 0 saturated heterocycles. The molecule has 0 aromatic heterocycles. The molecule has 0 spiro atoms. The average molecular weight is 279 g/mol. The summed E-state index contributed by atoms with van der Waals surface area (Å²) in [6.45, 7) is -0.245. The molecule has 3 N–H and O–H groups in total. The number of aliphatic imine (C=N–C) groups is 1. The number of halogens is 4. The zero-order valence-electron chi connectivity index (χ0n) is 9.88. The summed E-state index contributed by atoms with van der Waals surface area (Å²) in [6, 6.07) is 5.01. The Morgan fingerprint density at radius 1 is 1.26 bits per heavy atom. The Labute approximate surface area is 107 Å². The van der Waals surface area contributed by atoms with Crippen LogP contribution in [0.1, 0.15) is 6.42 Å². The van der Waals surface area contributed by atoms with Gasteiger partial charge in [-0.25, -0.2) is 0 Å². The van der Waals surface area contributed by atoms with Gasteiger partial charge in [0, 0.05) is 12.2 Å². The van der Waals surface area contributed by atoms with Gasteiger partial charge in [-0.05, 0) is 30.7 Å². The second kappa shape index (κ2) is 6.81. The molecule has 0 heterocycles. The lowest BCUT2D eigenvalue weighted by molar-refractivity contribution is -0.274. The molecular formula is C11H13F4N3O. The molecular weight excluding hydrogens is 266 g/mol. The van der Waals surface area contributed by atoms with Gasteiger partial charge in [0.15, 0.2) is 5.96 Å². The van der Waals surface area contributed by atoms with Crippen LogP contribution in [-0.4, -0.2) is 25.5 Å². The molecule has 106 valence electrons. The fourth-order valence-electron chi connectivity index (χ4n) is 1.19. The molecule has 4 nitrogen and oxygen atoms in total. The Bertz CT molecular complexity index is 417. The molecule has 0 atom stereocenters. The summed E-state index contributed by atoms with van der Waals surface area (Å²) in [5.74, 6) is -0.260. The highest BCUT2D eigenvalue weighted by molar-refractivity contribution is 5.92. The maximum absolute atomic E-state index is 11.9. The second-order valence-corrected chi connectivity index (χ2v) is 3.51. The summed E-state index contributed by atoms with van der Waals surface area (Å²) < 4.78 is 51.3. The molecule has 0 aliphatic rings. The SMILES string of the molecule is NC(=NCCCF)Nc1ccc(OC(F)(F)F)cc1. The van der Waals surface area contributed by atoms with Crippen LogP contribution in [0.15, 0.2) is 29.3 Å². The number of benzene rings is 1. The van der Waals surface area contributed by atoms with Crippen LogP contribution in [0.3, 0.4) is 0 Å². The molecule has 0 radical (unpaired) electrons. The van der Waals surface area contributed by atoms with Crippen molar-refractivity contribution in [2.45, 2.75) is 12.8 Å². The molecule has 0 saturated carbocycles. The maximum Gasteiger partial charge on any atom is 0.573 e. The predicted molar refractivity (Wildman–Crippen MR) is 63.8 cm³/mol. The summed E-state index contributed by atoms with van der Waals surface area (Å²) in [6.07, 6.45) is -4.46. The highest BCUT2D eigenvalue weighted by atomic mass is 19.4. The third-order valence-electron chi connectivity index (χ3n) is 1.93. The summed E-state index contributed by atoms with van der Waals surface area (Å²) in [4.78, 5) is 3.82. The molecule has 0 aliphatic heterocycles. The van der Waals surface area contributed by atoms with E-state index in [0.717, 1.165) is 12.1 Å². The first-order valence-electron chi connectivity index (χ1n) is 5.39. The summed E-state index contributed by atoms with van der Waals surface area (Å²) in [5.41, 5.74) is 5.95. The number of hydrogen-bond acceptors (Lipinski definition) is 2. The average Bonchev–Trinajstić information content (AvgIpc) is 2.30. The van der Waals surface area contributed by atoms with Crippen molar-refractivity contribution in [2.75, 3.05) is 18.5 Å². The van der Waals surface area contributed by atoms with Crippen molar-refractivity contribution in [1.82, 2.24) is 0 Å². The van der Waals surface area contributed by atoms with E-state index in [4.69, 9.17) is 5.73 Å². The zero-order valence-corrected chi connectivity index (χ0v) is 9.88. The molecule has 8 heteroatoms. The Hall–Kier alpha value is -1.99. The van der Waals surface area contributed by atoms with Gasteiger partial charge in [0.05, 0.1) is 6.67 Å². The van der Waals surface area contributed by atoms with Crippen molar-refractivity contribution in [1.29, 1.82) is 0 Å². The van der Waals surface area contributed by atoms with Gasteiger partial charge in [-0.1, -0.05) is 0 Å². The minimum Gasteiger partial charge on any atom is -0.406 e. The first-order chi connectivity index (χ1) is 8.90. The normalized spacial score (nSPS) is 12.3. The van der Waals surface area contributed by atoms with Gasteiger partial charge in [-0.3, -0.25) is 9.38 Å². The van der Waals surface area contributed by atoms with Crippen LogP contribution < -0.4 is 15.8 Å². The quantitative estimate of drug-likeness (QED) is 0.377. The van der Waals surface area contributed by atoms with Crippen molar-refractivity contribution >= 4 is 11.6 Å². The van der Waals surface area contributed by atoms with Crippen LogP contribution in [0.5, 0.6) is 5.75 Å². The summed E-state index contributed by atoms with van der Waals surface area (Å²) >= 11 is 0. The van der Waals surface area contributed by atoms with E-state index < -0.39 is 13.0 Å². The Morgan fingerprint density at radius 2 is 1.89 bits per heavy atom. The lowest BCUT2D eigenvalue weighted by Crippen LogP contribution is -2.23. The standard InChI is InChI=1S/C11H13F4N3O/c12-6-1-7-17-10(16)18-8-2-4-9(5-3-8)19-11(13,14)15/h2-5H,1,6-7H2,(H3,16,17,18). The Balaban J connectivity index is 2.54. The van der Waals surface area contributed by atoms with Crippen LogP contribution >= 0.6 is 0 Å². The minimum atomic E-state index is -4.72. The summed E-state index contributed by atoms with van der Waals surface area (Å²) in [7, 11) is 0. The molecule has 1 aromatic carbocycles. The van der Waals surface area contributed by atoms with E-state index in [0.29, 0.717) is 5.69 Å². The van der Waals surface area contributed by atoms with E-state index in [1.165, 1.54) is 12.1 Å². The Morgan fingerprint density at radius 3 is 2.42 bits per heavy atom. The molecule has 19 heavy (non-hydrogen) atoms. The van der Waals surface area contributed by atoms with E-state index >= 15 is 0 Å². The smallest absolute Gasteiger partial charge is 0.406 e. The van der Waals surface area contributed by atoms with Crippen molar-refractivity contribution < 1.29 is 22.3 Å². The first-order valence-corrected chi connectivity index (χ1v) is 5.39. The largest absolute Gasteiger partial charge is 0.573 e. The lowest BCUT2D eigenvalue weighted by Gasteiger charge is -2.10. The first kappa shape index (κ1) is 15.1. The molecule has 0 aliphatic carbocycles. The van der Waals surface area contributed by atoms with Crippen molar-refractivity contribution in [3.63, 3.8) is 0 Å².